The van der Waals surface area contributed by atoms with Gasteiger partial charge in [0.25, 0.3) is 0 Å². The normalized spacial score (nSPS) is 10.0. The van der Waals surface area contributed by atoms with Gasteiger partial charge in [-0.2, -0.15) is 0 Å². The molecule has 1 aromatic carbocycles. The van der Waals surface area contributed by atoms with Gasteiger partial charge in [0.1, 0.15) is 11.3 Å². The predicted molar refractivity (Wildman–Crippen MR) is 86.4 cm³/mol. The van der Waals surface area contributed by atoms with Gasteiger partial charge in [-0.05, 0) is 18.2 Å². The molecule has 3 rings (SSSR count). The summed E-state index contributed by atoms with van der Waals surface area (Å²) >= 11 is 0. The number of hydrogen-bond acceptors (Lipinski definition) is 7. The van der Waals surface area contributed by atoms with Gasteiger partial charge in [0.15, 0.2) is 11.5 Å². The van der Waals surface area contributed by atoms with Gasteiger partial charge in [0.05, 0.1) is 33.0 Å². The Morgan fingerprint density at radius 1 is 0.920 bits per heavy atom. The third kappa shape index (κ3) is 3.39. The summed E-state index contributed by atoms with van der Waals surface area (Å²) in [6.07, 6.45) is 1.59. The Morgan fingerprint density at radius 2 is 1.56 bits per heavy atom. The quantitative estimate of drug-likeness (QED) is 0.683. The van der Waals surface area contributed by atoms with Crippen LogP contribution in [0.25, 0.3) is 22.0 Å². The number of nitrogens with zero attached hydrogens (tertiary/aromatic N) is 1. The number of aliphatic carboxylic acids is 2. The fourth-order valence-electron chi connectivity index (χ4n) is 2.23. The van der Waals surface area contributed by atoms with Gasteiger partial charge in [-0.15, -0.1) is 0 Å². The minimum absolute atomic E-state index is 0.510. The number of furan rings is 1. The molecule has 9 nitrogen and oxygen atoms in total. The number of hydrogen-bond donors (Lipinski definition) is 2. The highest BCUT2D eigenvalue weighted by Gasteiger charge is 2.17. The Kier molecular flexibility index (Phi) is 5.28. The Bertz CT molecular complexity index is 919. The van der Waals surface area contributed by atoms with Crippen molar-refractivity contribution in [2.45, 2.75) is 0 Å². The Balaban J connectivity index is 0.000000326. The third-order valence-corrected chi connectivity index (χ3v) is 3.25. The molecule has 0 saturated carbocycles. The van der Waals surface area contributed by atoms with Gasteiger partial charge in [-0.1, -0.05) is 0 Å². The van der Waals surface area contributed by atoms with Crippen molar-refractivity contribution in [2.75, 3.05) is 21.3 Å². The van der Waals surface area contributed by atoms with Crippen molar-refractivity contribution in [3.63, 3.8) is 0 Å². The molecule has 132 valence electrons. The van der Waals surface area contributed by atoms with Gasteiger partial charge in [-0.3, -0.25) is 0 Å². The van der Waals surface area contributed by atoms with E-state index in [1.54, 1.807) is 27.6 Å². The van der Waals surface area contributed by atoms with Crippen molar-refractivity contribution in [1.82, 2.24) is 4.98 Å². The van der Waals surface area contributed by atoms with Crippen molar-refractivity contribution in [1.29, 1.82) is 0 Å². The average molecular weight is 349 g/mol. The molecule has 0 saturated heterocycles. The van der Waals surface area contributed by atoms with Crippen LogP contribution in [0.1, 0.15) is 0 Å². The number of ether oxygens (including phenoxy) is 3. The molecule has 25 heavy (non-hydrogen) atoms. The number of rotatable bonds is 3. The van der Waals surface area contributed by atoms with E-state index in [2.05, 4.69) is 4.98 Å². The highest BCUT2D eigenvalue weighted by Crippen LogP contribution is 2.41. The molecule has 0 spiro atoms. The number of carboxylic acids is 2. The maximum atomic E-state index is 9.10. The molecular weight excluding hydrogens is 334 g/mol. The van der Waals surface area contributed by atoms with Gasteiger partial charge in [-0.25, -0.2) is 14.6 Å². The number of fused-ring (bicyclic) bond motifs is 2. The lowest BCUT2D eigenvalue weighted by atomic mass is 10.1. The van der Waals surface area contributed by atoms with Crippen LogP contribution in [0.5, 0.6) is 17.2 Å². The first-order valence-corrected chi connectivity index (χ1v) is 6.86. The Labute approximate surface area is 141 Å². The lowest BCUT2D eigenvalue weighted by Gasteiger charge is -2.12. The van der Waals surface area contributed by atoms with Gasteiger partial charge < -0.3 is 28.8 Å². The first-order chi connectivity index (χ1) is 11.9. The Morgan fingerprint density at radius 3 is 2.08 bits per heavy atom. The molecule has 0 radical (unpaired) electrons. The molecule has 0 unspecified atom stereocenters. The number of pyridine rings is 1. The number of methoxy groups -OCH3 is 3. The highest BCUT2D eigenvalue weighted by molar-refractivity contribution is 6.27. The number of carboxylic acid groups (broad SMARTS) is 2. The second-order valence-electron chi connectivity index (χ2n) is 4.59. The van der Waals surface area contributed by atoms with Crippen LogP contribution in [0.2, 0.25) is 0 Å². The lowest BCUT2D eigenvalue weighted by molar-refractivity contribution is -0.159. The predicted octanol–water partition coefficient (Wildman–Crippen LogP) is 2.16. The summed E-state index contributed by atoms with van der Waals surface area (Å²) in [6.45, 7) is 0. The number of aromatic nitrogens is 1. The fourth-order valence-corrected chi connectivity index (χ4v) is 2.23. The van der Waals surface area contributed by atoms with Gasteiger partial charge >= 0.3 is 11.9 Å². The molecule has 3 aromatic rings. The number of benzene rings is 1. The molecule has 0 aliphatic carbocycles. The second-order valence-corrected chi connectivity index (χ2v) is 4.59. The zero-order valence-electron chi connectivity index (χ0n) is 13.6. The van der Waals surface area contributed by atoms with Crippen LogP contribution >= 0.6 is 0 Å². The van der Waals surface area contributed by atoms with Crippen LogP contribution in [-0.4, -0.2) is 48.5 Å². The van der Waals surface area contributed by atoms with Crippen LogP contribution in [-0.2, 0) is 9.59 Å². The Hall–Kier alpha value is -3.49. The lowest BCUT2D eigenvalue weighted by Crippen LogP contribution is -2.09. The summed E-state index contributed by atoms with van der Waals surface area (Å²) in [5.74, 6) is -1.74. The van der Waals surface area contributed by atoms with E-state index < -0.39 is 11.9 Å². The average Bonchev–Trinajstić information content (AvgIpc) is 3.07. The van der Waals surface area contributed by atoms with Crippen molar-refractivity contribution < 1.29 is 38.4 Å². The molecule has 2 heterocycles. The van der Waals surface area contributed by atoms with Crippen LogP contribution in [0.4, 0.5) is 0 Å². The summed E-state index contributed by atoms with van der Waals surface area (Å²) in [5, 5.41) is 16.5. The summed E-state index contributed by atoms with van der Waals surface area (Å²) in [4.78, 5) is 22.7. The molecule has 9 heteroatoms. The maximum absolute atomic E-state index is 9.10. The minimum Gasteiger partial charge on any atom is -0.495 e. The highest BCUT2D eigenvalue weighted by atomic mass is 16.5. The van der Waals surface area contributed by atoms with Crippen molar-refractivity contribution in [3.8, 4) is 17.2 Å². The van der Waals surface area contributed by atoms with E-state index in [-0.39, 0.29) is 0 Å². The summed E-state index contributed by atoms with van der Waals surface area (Å²) < 4.78 is 21.5. The van der Waals surface area contributed by atoms with E-state index in [0.717, 1.165) is 16.5 Å². The van der Waals surface area contributed by atoms with Gasteiger partial charge in [0.2, 0.25) is 5.71 Å². The van der Waals surface area contributed by atoms with Crippen LogP contribution in [0.3, 0.4) is 0 Å². The fraction of sp³-hybridized carbons (Fsp3) is 0.188. The van der Waals surface area contributed by atoms with E-state index in [4.69, 9.17) is 38.4 Å². The largest absolute Gasteiger partial charge is 0.495 e. The van der Waals surface area contributed by atoms with Crippen LogP contribution in [0, 0.1) is 0 Å². The molecule has 0 aliphatic rings. The topological polar surface area (TPSA) is 128 Å². The molecule has 2 N–H and O–H groups in total. The third-order valence-electron chi connectivity index (χ3n) is 3.25. The molecule has 0 fully saturated rings. The van der Waals surface area contributed by atoms with E-state index in [1.165, 1.54) is 0 Å². The molecule has 2 aromatic heterocycles. The van der Waals surface area contributed by atoms with Crippen LogP contribution < -0.4 is 14.2 Å². The standard InChI is InChI=1S/C14H13NO4.C2H2O4/c1-16-10-5-4-8-11(13(10)18-3)15-14-9(6-7-19-14)12(8)17-2;3-1(4)2(5)6/h4-7H,1-3H3;(H,3,4)(H,5,6). The van der Waals surface area contributed by atoms with Crippen LogP contribution in [0.15, 0.2) is 28.9 Å². The molecule has 0 aliphatic heterocycles. The zero-order chi connectivity index (χ0) is 18.6. The maximum Gasteiger partial charge on any atom is 0.414 e. The summed E-state index contributed by atoms with van der Waals surface area (Å²) in [7, 11) is 4.79. The molecule has 0 amide bonds. The minimum atomic E-state index is -1.82. The van der Waals surface area contributed by atoms with E-state index in [9.17, 15) is 0 Å². The second kappa shape index (κ2) is 7.39. The van der Waals surface area contributed by atoms with E-state index in [0.29, 0.717) is 22.7 Å². The smallest absolute Gasteiger partial charge is 0.414 e. The van der Waals surface area contributed by atoms with E-state index in [1.807, 2.05) is 18.2 Å². The number of carbonyl (C=O) groups is 2. The summed E-state index contributed by atoms with van der Waals surface area (Å²) in [6, 6.07) is 5.56. The monoisotopic (exact) mass is 349 g/mol. The SMILES string of the molecule is COc1ccc2c(OC)c3ccoc3nc2c1OC.O=C(O)C(=O)O. The van der Waals surface area contributed by atoms with Crippen molar-refractivity contribution in [3.05, 3.63) is 24.5 Å². The summed E-state index contributed by atoms with van der Waals surface area (Å²) in [5.41, 5.74) is 1.16. The van der Waals surface area contributed by atoms with E-state index >= 15 is 0 Å². The first kappa shape index (κ1) is 17.9. The van der Waals surface area contributed by atoms with Crippen molar-refractivity contribution >= 4 is 33.9 Å². The molecule has 0 atom stereocenters. The zero-order valence-corrected chi connectivity index (χ0v) is 13.6. The first-order valence-electron chi connectivity index (χ1n) is 6.86. The van der Waals surface area contributed by atoms with Crippen molar-refractivity contribution in [2.24, 2.45) is 0 Å². The molecule has 0 bridgehead atoms. The molecular formula is C16H15NO8. The van der Waals surface area contributed by atoms with Gasteiger partial charge in [0, 0.05) is 5.39 Å².